The van der Waals surface area contributed by atoms with Crippen molar-refractivity contribution >= 4 is 11.4 Å². The molecular weight excluding hydrogens is 164 g/mol. The Labute approximate surface area is 77.0 Å². The Morgan fingerprint density at radius 1 is 1.38 bits per heavy atom. The summed E-state index contributed by atoms with van der Waals surface area (Å²) in [4.78, 5) is 0. The minimum Gasteiger partial charge on any atom is -0.398 e. The van der Waals surface area contributed by atoms with E-state index in [9.17, 15) is 0 Å². The van der Waals surface area contributed by atoms with E-state index in [-0.39, 0.29) is 12.3 Å². The molecule has 3 heteroatoms. The van der Waals surface area contributed by atoms with Crippen LogP contribution in [0.25, 0.3) is 5.70 Å². The zero-order chi connectivity index (χ0) is 9.68. The summed E-state index contributed by atoms with van der Waals surface area (Å²) in [6.07, 6.45) is 1.45. The number of rotatable bonds is 3. The largest absolute Gasteiger partial charge is 0.398 e. The molecule has 0 aromatic heterocycles. The molecule has 0 saturated heterocycles. The molecule has 3 nitrogen and oxygen atoms in total. The van der Waals surface area contributed by atoms with Gasteiger partial charge in [0.15, 0.2) is 0 Å². The number of nitrogens with two attached hydrogens (primary N) is 1. The van der Waals surface area contributed by atoms with Gasteiger partial charge in [0.05, 0.1) is 12.3 Å². The Kier molecular flexibility index (Phi) is 3.23. The Morgan fingerprint density at radius 2 is 2.00 bits per heavy atom. The van der Waals surface area contributed by atoms with Gasteiger partial charge in [0.2, 0.25) is 0 Å². The van der Waals surface area contributed by atoms with Crippen molar-refractivity contribution in [3.05, 3.63) is 42.0 Å². The molecule has 4 N–H and O–H groups in total. The van der Waals surface area contributed by atoms with E-state index in [1.807, 2.05) is 30.3 Å². The van der Waals surface area contributed by atoms with Gasteiger partial charge in [0.25, 0.3) is 0 Å². The lowest BCUT2D eigenvalue weighted by Gasteiger charge is -2.00. The summed E-state index contributed by atoms with van der Waals surface area (Å²) >= 11 is 0. The molecule has 13 heavy (non-hydrogen) atoms. The second-order valence-electron chi connectivity index (χ2n) is 2.65. The lowest BCUT2D eigenvalue weighted by molar-refractivity contribution is 0.357. The third-order valence-electron chi connectivity index (χ3n) is 1.61. The molecule has 0 aliphatic heterocycles. The van der Waals surface area contributed by atoms with Gasteiger partial charge in [-0.3, -0.25) is 0 Å². The van der Waals surface area contributed by atoms with Crippen LogP contribution in [-0.2, 0) is 0 Å². The van der Waals surface area contributed by atoms with E-state index in [4.69, 9.17) is 16.2 Å². The molecule has 0 saturated carbocycles. The van der Waals surface area contributed by atoms with Crippen molar-refractivity contribution in [2.75, 3.05) is 6.61 Å². The SMILES string of the molecule is N=C(/C=C(\N)c1ccccc1)CO. The second-order valence-corrected chi connectivity index (χ2v) is 2.65. The number of hydrogen-bond acceptors (Lipinski definition) is 3. The van der Waals surface area contributed by atoms with Crippen molar-refractivity contribution in [1.29, 1.82) is 5.41 Å². The zero-order valence-electron chi connectivity index (χ0n) is 7.20. The summed E-state index contributed by atoms with van der Waals surface area (Å²) in [5, 5.41) is 15.8. The highest BCUT2D eigenvalue weighted by Crippen LogP contribution is 2.07. The highest BCUT2D eigenvalue weighted by atomic mass is 16.3. The molecule has 0 atom stereocenters. The predicted molar refractivity (Wildman–Crippen MR) is 53.4 cm³/mol. The number of hydrogen-bond donors (Lipinski definition) is 3. The van der Waals surface area contributed by atoms with Gasteiger partial charge in [0, 0.05) is 5.70 Å². The first-order chi connectivity index (χ1) is 6.24. The van der Waals surface area contributed by atoms with Gasteiger partial charge >= 0.3 is 0 Å². The summed E-state index contributed by atoms with van der Waals surface area (Å²) in [6, 6.07) is 9.36. The summed E-state index contributed by atoms with van der Waals surface area (Å²) < 4.78 is 0. The highest BCUT2D eigenvalue weighted by molar-refractivity contribution is 5.98. The summed E-state index contributed by atoms with van der Waals surface area (Å²) in [6.45, 7) is -0.284. The molecule has 0 aliphatic carbocycles. The molecule has 0 heterocycles. The van der Waals surface area contributed by atoms with Crippen LogP contribution in [0.15, 0.2) is 36.4 Å². The first-order valence-electron chi connectivity index (χ1n) is 3.95. The van der Waals surface area contributed by atoms with Crippen LogP contribution in [-0.4, -0.2) is 17.4 Å². The number of nitrogens with one attached hydrogen (secondary N) is 1. The fourth-order valence-corrected chi connectivity index (χ4v) is 0.947. The first-order valence-corrected chi connectivity index (χ1v) is 3.95. The normalized spacial score (nSPS) is 11.3. The lowest BCUT2D eigenvalue weighted by Crippen LogP contribution is -2.03. The Morgan fingerprint density at radius 3 is 2.54 bits per heavy atom. The summed E-state index contributed by atoms with van der Waals surface area (Å²) in [7, 11) is 0. The van der Waals surface area contributed by atoms with Crippen molar-refractivity contribution < 1.29 is 5.11 Å². The molecule has 0 bridgehead atoms. The van der Waals surface area contributed by atoms with Gasteiger partial charge in [-0.2, -0.15) is 0 Å². The standard InChI is InChI=1S/C10H12N2O/c11-9(7-13)6-10(12)8-4-2-1-3-5-8/h1-6,11,13H,7,12H2/b10-6-,11-9?. The maximum absolute atomic E-state index is 8.61. The molecular formula is C10H12N2O. The van der Waals surface area contributed by atoms with E-state index in [0.717, 1.165) is 5.56 Å². The molecule has 0 fully saturated rings. The van der Waals surface area contributed by atoms with Crippen LogP contribution in [0, 0.1) is 5.41 Å². The van der Waals surface area contributed by atoms with E-state index < -0.39 is 0 Å². The fourth-order valence-electron chi connectivity index (χ4n) is 0.947. The number of aliphatic hydroxyl groups is 1. The highest BCUT2D eigenvalue weighted by Gasteiger charge is 1.95. The number of aliphatic hydroxyl groups excluding tert-OH is 1. The molecule has 1 rings (SSSR count). The van der Waals surface area contributed by atoms with Crippen molar-refractivity contribution in [1.82, 2.24) is 0 Å². The van der Waals surface area contributed by atoms with Gasteiger partial charge in [-0.1, -0.05) is 30.3 Å². The van der Waals surface area contributed by atoms with Gasteiger partial charge in [0.1, 0.15) is 0 Å². The van der Waals surface area contributed by atoms with E-state index in [2.05, 4.69) is 0 Å². The van der Waals surface area contributed by atoms with E-state index in [0.29, 0.717) is 5.70 Å². The number of benzene rings is 1. The topological polar surface area (TPSA) is 70.1 Å². The monoisotopic (exact) mass is 176 g/mol. The molecule has 0 radical (unpaired) electrons. The van der Waals surface area contributed by atoms with E-state index in [1.54, 1.807) is 0 Å². The Balaban J connectivity index is 2.85. The van der Waals surface area contributed by atoms with Crippen LogP contribution in [0.5, 0.6) is 0 Å². The summed E-state index contributed by atoms with van der Waals surface area (Å²) in [5.74, 6) is 0. The first kappa shape index (κ1) is 9.48. The van der Waals surface area contributed by atoms with Crippen molar-refractivity contribution in [2.24, 2.45) is 5.73 Å². The molecule has 68 valence electrons. The van der Waals surface area contributed by atoms with Crippen LogP contribution in [0.1, 0.15) is 5.56 Å². The fraction of sp³-hybridized carbons (Fsp3) is 0.100. The van der Waals surface area contributed by atoms with Crippen LogP contribution in [0.2, 0.25) is 0 Å². The average molecular weight is 176 g/mol. The van der Waals surface area contributed by atoms with Crippen LogP contribution < -0.4 is 5.73 Å². The molecule has 0 aliphatic rings. The van der Waals surface area contributed by atoms with Crippen LogP contribution in [0.4, 0.5) is 0 Å². The Bertz CT molecular complexity index is 317. The van der Waals surface area contributed by atoms with E-state index in [1.165, 1.54) is 6.08 Å². The van der Waals surface area contributed by atoms with Gasteiger partial charge < -0.3 is 16.2 Å². The van der Waals surface area contributed by atoms with Gasteiger partial charge in [-0.25, -0.2) is 0 Å². The quantitative estimate of drug-likeness (QED) is 0.601. The minimum absolute atomic E-state index is 0.112. The summed E-state index contributed by atoms with van der Waals surface area (Å²) in [5.41, 5.74) is 7.15. The molecule has 0 unspecified atom stereocenters. The Hall–Kier alpha value is -1.61. The third kappa shape index (κ3) is 2.72. The van der Waals surface area contributed by atoms with Crippen molar-refractivity contribution in [3.8, 4) is 0 Å². The van der Waals surface area contributed by atoms with Crippen molar-refractivity contribution in [2.45, 2.75) is 0 Å². The molecule has 0 spiro atoms. The maximum Gasteiger partial charge on any atom is 0.0846 e. The zero-order valence-corrected chi connectivity index (χ0v) is 7.20. The molecule has 1 aromatic rings. The lowest BCUT2D eigenvalue weighted by atomic mass is 10.1. The van der Waals surface area contributed by atoms with Crippen LogP contribution in [0.3, 0.4) is 0 Å². The minimum atomic E-state index is -0.284. The average Bonchev–Trinajstić information content (AvgIpc) is 2.19. The predicted octanol–water partition coefficient (Wildman–Crippen LogP) is 0.998. The van der Waals surface area contributed by atoms with Crippen molar-refractivity contribution in [3.63, 3.8) is 0 Å². The maximum atomic E-state index is 8.61. The van der Waals surface area contributed by atoms with Crippen LogP contribution >= 0.6 is 0 Å². The molecule has 0 amide bonds. The van der Waals surface area contributed by atoms with Gasteiger partial charge in [-0.05, 0) is 11.6 Å². The smallest absolute Gasteiger partial charge is 0.0846 e. The molecule has 1 aromatic carbocycles. The third-order valence-corrected chi connectivity index (χ3v) is 1.61. The second kappa shape index (κ2) is 4.42. The van der Waals surface area contributed by atoms with E-state index >= 15 is 0 Å². The van der Waals surface area contributed by atoms with Gasteiger partial charge in [-0.15, -0.1) is 0 Å².